The van der Waals surface area contributed by atoms with Gasteiger partial charge in [0.2, 0.25) is 0 Å². The number of rotatable bonds is 7. The van der Waals surface area contributed by atoms with Gasteiger partial charge in [0.25, 0.3) is 0 Å². The molecule has 2 aromatic carbocycles. The number of fused-ring (bicyclic) bond motifs is 1. The summed E-state index contributed by atoms with van der Waals surface area (Å²) in [6, 6.07) is 15.9. The molecule has 0 unspecified atom stereocenters. The van der Waals surface area contributed by atoms with E-state index in [9.17, 15) is 9.59 Å². The minimum Gasteiger partial charge on any atom is -0.382 e. The standard InChI is InChI=1S/C20H22N4O3/c1-2-27-14-8-13-24-18(16-11-6-7-12-17(16)22-20(24)26)23-19(25)21-15-9-4-3-5-10-15/h3-7,9-12H,2,8,13-14H2,1H3,(H2,21,23,25). The van der Waals surface area contributed by atoms with E-state index in [4.69, 9.17) is 4.74 Å². The Morgan fingerprint density at radius 2 is 1.81 bits per heavy atom. The Morgan fingerprint density at radius 1 is 1.07 bits per heavy atom. The molecular formula is C20H22N4O3. The number of anilines is 2. The van der Waals surface area contributed by atoms with Gasteiger partial charge in [-0.05, 0) is 37.6 Å². The Morgan fingerprint density at radius 3 is 2.59 bits per heavy atom. The highest BCUT2D eigenvalue weighted by atomic mass is 16.5. The molecule has 0 saturated heterocycles. The molecular weight excluding hydrogens is 344 g/mol. The summed E-state index contributed by atoms with van der Waals surface area (Å²) < 4.78 is 6.83. The predicted molar refractivity (Wildman–Crippen MR) is 106 cm³/mol. The first-order valence-corrected chi connectivity index (χ1v) is 8.89. The smallest absolute Gasteiger partial charge is 0.349 e. The van der Waals surface area contributed by atoms with Crippen LogP contribution in [-0.4, -0.2) is 28.8 Å². The quantitative estimate of drug-likeness (QED) is 0.627. The predicted octanol–water partition coefficient (Wildman–Crippen LogP) is 3.47. The van der Waals surface area contributed by atoms with Gasteiger partial charge in [-0.15, -0.1) is 0 Å². The van der Waals surface area contributed by atoms with Crippen LogP contribution in [0.1, 0.15) is 13.3 Å². The molecule has 0 saturated carbocycles. The maximum atomic E-state index is 12.5. The second-order valence-electron chi connectivity index (χ2n) is 5.91. The van der Waals surface area contributed by atoms with Crippen LogP contribution in [-0.2, 0) is 11.3 Å². The molecule has 0 aliphatic carbocycles. The summed E-state index contributed by atoms with van der Waals surface area (Å²) in [5.41, 5.74) is 0.803. The van der Waals surface area contributed by atoms with Gasteiger partial charge in [-0.2, -0.15) is 4.98 Å². The number of ether oxygens (including phenoxy) is 1. The SMILES string of the molecule is CCOCCCn1c(NC(=O)Nc2ccccc2)c2ccccc2nc1=O. The van der Waals surface area contributed by atoms with Crippen LogP contribution < -0.4 is 16.3 Å². The molecule has 0 atom stereocenters. The van der Waals surface area contributed by atoms with Gasteiger partial charge < -0.3 is 10.1 Å². The second kappa shape index (κ2) is 8.95. The third-order valence-electron chi connectivity index (χ3n) is 4.01. The number of hydrogen-bond donors (Lipinski definition) is 2. The highest BCUT2D eigenvalue weighted by Gasteiger charge is 2.14. The average molecular weight is 366 g/mol. The number of nitrogens with one attached hydrogen (secondary N) is 2. The van der Waals surface area contributed by atoms with Gasteiger partial charge in [0.05, 0.1) is 5.52 Å². The molecule has 1 aromatic heterocycles. The number of para-hydroxylation sites is 2. The number of nitrogens with zero attached hydrogens (tertiary/aromatic N) is 2. The lowest BCUT2D eigenvalue weighted by Crippen LogP contribution is -2.30. The van der Waals surface area contributed by atoms with Gasteiger partial charge in [-0.25, -0.2) is 9.59 Å². The maximum absolute atomic E-state index is 12.5. The molecule has 0 fully saturated rings. The normalized spacial score (nSPS) is 10.7. The summed E-state index contributed by atoms with van der Waals surface area (Å²) in [4.78, 5) is 29.1. The fraction of sp³-hybridized carbons (Fsp3) is 0.250. The van der Waals surface area contributed by atoms with E-state index in [1.165, 1.54) is 4.57 Å². The fourth-order valence-electron chi connectivity index (χ4n) is 2.78. The summed E-state index contributed by atoms with van der Waals surface area (Å²) in [7, 11) is 0. The van der Waals surface area contributed by atoms with Gasteiger partial charge in [0.1, 0.15) is 5.82 Å². The number of carbonyl (C=O) groups excluding carboxylic acids is 1. The highest BCUT2D eigenvalue weighted by Crippen LogP contribution is 2.20. The van der Waals surface area contributed by atoms with Gasteiger partial charge in [0, 0.05) is 30.8 Å². The molecule has 0 radical (unpaired) electrons. The van der Waals surface area contributed by atoms with Crippen molar-refractivity contribution in [1.82, 2.24) is 9.55 Å². The second-order valence-corrected chi connectivity index (χ2v) is 5.91. The van der Waals surface area contributed by atoms with Crippen molar-refractivity contribution in [3.63, 3.8) is 0 Å². The third-order valence-corrected chi connectivity index (χ3v) is 4.01. The zero-order chi connectivity index (χ0) is 19.1. The fourth-order valence-corrected chi connectivity index (χ4v) is 2.78. The monoisotopic (exact) mass is 366 g/mol. The number of urea groups is 1. The Kier molecular flexibility index (Phi) is 6.17. The lowest BCUT2D eigenvalue weighted by Gasteiger charge is -2.16. The topological polar surface area (TPSA) is 85.2 Å². The molecule has 0 bridgehead atoms. The van der Waals surface area contributed by atoms with Crippen molar-refractivity contribution in [1.29, 1.82) is 0 Å². The van der Waals surface area contributed by atoms with E-state index in [0.717, 1.165) is 0 Å². The van der Waals surface area contributed by atoms with Crippen LogP contribution in [0.5, 0.6) is 0 Å². The van der Waals surface area contributed by atoms with Gasteiger partial charge >= 0.3 is 11.7 Å². The van der Waals surface area contributed by atoms with E-state index in [1.54, 1.807) is 18.2 Å². The summed E-state index contributed by atoms with van der Waals surface area (Å²) in [6.07, 6.45) is 0.642. The van der Waals surface area contributed by atoms with Gasteiger partial charge in [-0.3, -0.25) is 9.88 Å². The average Bonchev–Trinajstić information content (AvgIpc) is 2.67. The van der Waals surface area contributed by atoms with Crippen molar-refractivity contribution < 1.29 is 9.53 Å². The van der Waals surface area contributed by atoms with E-state index >= 15 is 0 Å². The number of aromatic nitrogens is 2. The van der Waals surface area contributed by atoms with E-state index in [-0.39, 0.29) is 0 Å². The van der Waals surface area contributed by atoms with Crippen molar-refractivity contribution in [3.8, 4) is 0 Å². The van der Waals surface area contributed by atoms with Crippen molar-refractivity contribution in [3.05, 3.63) is 65.1 Å². The number of carbonyl (C=O) groups is 1. The lowest BCUT2D eigenvalue weighted by atomic mass is 10.2. The van der Waals surface area contributed by atoms with Crippen LogP contribution in [0.3, 0.4) is 0 Å². The molecule has 27 heavy (non-hydrogen) atoms. The molecule has 2 N–H and O–H groups in total. The third kappa shape index (κ3) is 4.71. The molecule has 140 valence electrons. The van der Waals surface area contributed by atoms with Crippen LogP contribution in [0.2, 0.25) is 0 Å². The molecule has 7 heteroatoms. The van der Waals surface area contributed by atoms with E-state index < -0.39 is 11.7 Å². The molecule has 1 heterocycles. The zero-order valence-corrected chi connectivity index (χ0v) is 15.1. The van der Waals surface area contributed by atoms with Crippen molar-refractivity contribution >= 4 is 28.4 Å². The van der Waals surface area contributed by atoms with Crippen LogP contribution in [0.4, 0.5) is 16.3 Å². The minimum atomic E-state index is -0.421. The van der Waals surface area contributed by atoms with Crippen molar-refractivity contribution in [2.75, 3.05) is 23.8 Å². The molecule has 3 aromatic rings. The van der Waals surface area contributed by atoms with Crippen LogP contribution in [0.25, 0.3) is 10.9 Å². The minimum absolute atomic E-state index is 0.400. The van der Waals surface area contributed by atoms with Gasteiger partial charge in [-0.1, -0.05) is 30.3 Å². The Labute approximate surface area is 157 Å². The van der Waals surface area contributed by atoms with E-state index in [0.29, 0.717) is 48.6 Å². The lowest BCUT2D eigenvalue weighted by molar-refractivity contribution is 0.141. The van der Waals surface area contributed by atoms with Crippen molar-refractivity contribution in [2.45, 2.75) is 19.9 Å². The summed E-state index contributed by atoms with van der Waals surface area (Å²) >= 11 is 0. The molecule has 3 rings (SSSR count). The highest BCUT2D eigenvalue weighted by molar-refractivity contribution is 6.04. The Balaban J connectivity index is 1.90. The molecule has 0 spiro atoms. The first-order chi connectivity index (χ1) is 13.2. The van der Waals surface area contributed by atoms with E-state index in [1.807, 2.05) is 43.3 Å². The van der Waals surface area contributed by atoms with Crippen LogP contribution in [0.15, 0.2) is 59.4 Å². The molecule has 7 nitrogen and oxygen atoms in total. The number of amides is 2. The van der Waals surface area contributed by atoms with E-state index in [2.05, 4.69) is 15.6 Å². The largest absolute Gasteiger partial charge is 0.382 e. The van der Waals surface area contributed by atoms with Gasteiger partial charge in [0.15, 0.2) is 0 Å². The Hall–Kier alpha value is -3.19. The molecule has 0 aliphatic rings. The molecule has 0 aliphatic heterocycles. The first-order valence-electron chi connectivity index (χ1n) is 8.89. The Bertz CT molecular complexity index is 970. The first kappa shape index (κ1) is 18.6. The number of hydrogen-bond acceptors (Lipinski definition) is 4. The zero-order valence-electron chi connectivity index (χ0n) is 15.1. The summed E-state index contributed by atoms with van der Waals surface area (Å²) in [5, 5.41) is 6.29. The van der Waals surface area contributed by atoms with Crippen molar-refractivity contribution in [2.24, 2.45) is 0 Å². The maximum Gasteiger partial charge on any atom is 0.349 e. The summed E-state index contributed by atoms with van der Waals surface area (Å²) in [6.45, 7) is 3.48. The summed E-state index contributed by atoms with van der Waals surface area (Å²) in [5.74, 6) is 0.426. The van der Waals surface area contributed by atoms with Crippen LogP contribution in [0, 0.1) is 0 Å². The van der Waals surface area contributed by atoms with Crippen LogP contribution >= 0.6 is 0 Å². The molecule has 2 amide bonds. The number of benzene rings is 2.